The first-order valence-electron chi connectivity index (χ1n) is 6.53. The van der Waals surface area contributed by atoms with E-state index in [1.807, 2.05) is 37.3 Å². The molecule has 0 spiro atoms. The fourth-order valence-corrected chi connectivity index (χ4v) is 4.13. The summed E-state index contributed by atoms with van der Waals surface area (Å²) in [6, 6.07) is 9.83. The van der Waals surface area contributed by atoms with Gasteiger partial charge in [0.25, 0.3) is 0 Å². The molecule has 0 N–H and O–H groups in total. The second kappa shape index (κ2) is 3.11. The number of hydrogen-bond acceptors (Lipinski definition) is 2. The topological polar surface area (TPSA) is 34.1 Å². The molecule has 2 aliphatic rings. The average Bonchev–Trinajstić information content (AvgIpc) is 2.63. The Morgan fingerprint density at radius 1 is 0.889 bits per heavy atom. The van der Waals surface area contributed by atoms with Gasteiger partial charge in [0.2, 0.25) is 11.6 Å². The van der Waals surface area contributed by atoms with E-state index in [0.717, 1.165) is 18.4 Å². The first-order valence-corrected chi connectivity index (χ1v) is 6.53. The van der Waals surface area contributed by atoms with E-state index in [2.05, 4.69) is 13.8 Å². The molecule has 0 aliphatic heterocycles. The fourth-order valence-electron chi connectivity index (χ4n) is 4.13. The van der Waals surface area contributed by atoms with Gasteiger partial charge in [0, 0.05) is 5.41 Å². The zero-order valence-electron chi connectivity index (χ0n) is 11.1. The number of benzene rings is 1. The van der Waals surface area contributed by atoms with Crippen LogP contribution in [0.2, 0.25) is 0 Å². The van der Waals surface area contributed by atoms with Crippen LogP contribution in [-0.2, 0) is 15.0 Å². The molecule has 0 heterocycles. The van der Waals surface area contributed by atoms with Gasteiger partial charge in [0.15, 0.2) is 0 Å². The van der Waals surface area contributed by atoms with Gasteiger partial charge in [-0.3, -0.25) is 9.59 Å². The first-order chi connectivity index (χ1) is 8.38. The minimum Gasteiger partial charge on any atom is -0.290 e. The van der Waals surface area contributed by atoms with Gasteiger partial charge in [-0.25, -0.2) is 0 Å². The summed E-state index contributed by atoms with van der Waals surface area (Å²) in [4.78, 5) is 24.9. The Morgan fingerprint density at radius 2 is 1.50 bits per heavy atom. The van der Waals surface area contributed by atoms with Crippen LogP contribution in [0.3, 0.4) is 0 Å². The summed E-state index contributed by atoms with van der Waals surface area (Å²) >= 11 is 0. The Hall–Kier alpha value is -1.44. The predicted octanol–water partition coefficient (Wildman–Crippen LogP) is 2.90. The predicted molar refractivity (Wildman–Crippen MR) is 69.3 cm³/mol. The van der Waals surface area contributed by atoms with Gasteiger partial charge < -0.3 is 0 Å². The lowest BCUT2D eigenvalue weighted by molar-refractivity contribution is -0.141. The lowest BCUT2D eigenvalue weighted by Gasteiger charge is -2.38. The molecule has 2 atom stereocenters. The lowest BCUT2D eigenvalue weighted by Crippen LogP contribution is -2.41. The van der Waals surface area contributed by atoms with E-state index in [1.54, 1.807) is 0 Å². The molecule has 0 unspecified atom stereocenters. The molecule has 18 heavy (non-hydrogen) atoms. The fraction of sp³-hybridized carbons (Fsp3) is 0.500. The molecule has 1 aromatic rings. The van der Waals surface area contributed by atoms with Gasteiger partial charge in [0.05, 0.1) is 5.41 Å². The largest absolute Gasteiger partial charge is 0.290 e. The van der Waals surface area contributed by atoms with Crippen LogP contribution in [-0.4, -0.2) is 11.6 Å². The van der Waals surface area contributed by atoms with E-state index in [4.69, 9.17) is 0 Å². The number of hydrogen-bond donors (Lipinski definition) is 0. The molecule has 2 fully saturated rings. The molecule has 3 rings (SSSR count). The van der Waals surface area contributed by atoms with Gasteiger partial charge in [-0.05, 0) is 23.8 Å². The molecule has 0 amide bonds. The summed E-state index contributed by atoms with van der Waals surface area (Å²) in [5.74, 6) is -0.338. The molecule has 1 aromatic carbocycles. The summed E-state index contributed by atoms with van der Waals surface area (Å²) in [6.07, 6.45) is 1.62. The van der Waals surface area contributed by atoms with Crippen molar-refractivity contribution in [3.05, 3.63) is 35.9 Å². The van der Waals surface area contributed by atoms with Crippen LogP contribution in [0.25, 0.3) is 0 Å². The third-order valence-electron chi connectivity index (χ3n) is 5.81. The Labute approximate surface area is 107 Å². The number of carbonyl (C=O) groups is 2. The summed E-state index contributed by atoms with van der Waals surface area (Å²) < 4.78 is 0. The van der Waals surface area contributed by atoms with Crippen molar-refractivity contribution in [2.24, 2.45) is 10.8 Å². The SMILES string of the molecule is CC1(C)[C@@]2(C)CC[C@@]1(c1ccccc1)C(=O)C2=O. The third-order valence-corrected chi connectivity index (χ3v) is 5.81. The maximum Gasteiger partial charge on any atom is 0.210 e. The number of ketones is 2. The zero-order valence-corrected chi connectivity index (χ0v) is 11.1. The van der Waals surface area contributed by atoms with E-state index in [9.17, 15) is 9.59 Å². The third kappa shape index (κ3) is 0.933. The number of fused-ring (bicyclic) bond motifs is 2. The molecule has 2 nitrogen and oxygen atoms in total. The molecule has 0 aromatic heterocycles. The van der Waals surface area contributed by atoms with Crippen molar-refractivity contribution in [3.63, 3.8) is 0 Å². The van der Waals surface area contributed by atoms with Crippen molar-refractivity contribution in [1.29, 1.82) is 0 Å². The van der Waals surface area contributed by atoms with Crippen LogP contribution in [0.15, 0.2) is 30.3 Å². The second-order valence-corrected chi connectivity index (χ2v) is 6.39. The quantitative estimate of drug-likeness (QED) is 0.710. The van der Waals surface area contributed by atoms with E-state index in [1.165, 1.54) is 0 Å². The highest BCUT2D eigenvalue weighted by Gasteiger charge is 2.75. The molecule has 0 radical (unpaired) electrons. The monoisotopic (exact) mass is 242 g/mol. The Bertz CT molecular complexity index is 543. The molecule has 2 saturated carbocycles. The molecular formula is C16H18O2. The normalized spacial score (nSPS) is 37.3. The molecule has 94 valence electrons. The second-order valence-electron chi connectivity index (χ2n) is 6.39. The molecular weight excluding hydrogens is 224 g/mol. The van der Waals surface area contributed by atoms with Crippen LogP contribution in [0, 0.1) is 10.8 Å². The molecule has 2 heteroatoms. The smallest absolute Gasteiger partial charge is 0.210 e. The van der Waals surface area contributed by atoms with Gasteiger partial charge in [0.1, 0.15) is 0 Å². The minimum absolute atomic E-state index is 0.164. The molecule has 2 bridgehead atoms. The van der Waals surface area contributed by atoms with Crippen molar-refractivity contribution in [2.75, 3.05) is 0 Å². The number of rotatable bonds is 1. The zero-order chi connectivity index (χ0) is 13.2. The Morgan fingerprint density at radius 3 is 2.00 bits per heavy atom. The molecule has 0 saturated heterocycles. The average molecular weight is 242 g/mol. The number of Topliss-reactive ketones (excluding diaryl/α,β-unsaturated/α-hetero) is 2. The van der Waals surface area contributed by atoms with E-state index in [-0.39, 0.29) is 17.0 Å². The standard InChI is InChI=1S/C16H18O2/c1-14(2)15(3)9-10-16(14,13(18)12(15)17)11-7-5-4-6-8-11/h4-8H,9-10H2,1-3H3/t15-,16+/m0/s1. The Kier molecular flexibility index (Phi) is 2.01. The van der Waals surface area contributed by atoms with Crippen LogP contribution < -0.4 is 0 Å². The highest BCUT2D eigenvalue weighted by atomic mass is 16.2. The minimum atomic E-state index is -0.597. The maximum atomic E-state index is 12.6. The first kappa shape index (κ1) is 11.6. The van der Waals surface area contributed by atoms with Crippen molar-refractivity contribution in [2.45, 2.75) is 39.0 Å². The van der Waals surface area contributed by atoms with E-state index < -0.39 is 10.8 Å². The Balaban J connectivity index is 2.30. The van der Waals surface area contributed by atoms with Gasteiger partial charge >= 0.3 is 0 Å². The van der Waals surface area contributed by atoms with Crippen LogP contribution in [0.1, 0.15) is 39.2 Å². The van der Waals surface area contributed by atoms with E-state index in [0.29, 0.717) is 0 Å². The van der Waals surface area contributed by atoms with Crippen molar-refractivity contribution >= 4 is 11.6 Å². The summed E-state index contributed by atoms with van der Waals surface area (Å²) in [6.45, 7) is 6.12. The van der Waals surface area contributed by atoms with Gasteiger partial charge in [-0.2, -0.15) is 0 Å². The van der Waals surface area contributed by atoms with E-state index >= 15 is 0 Å². The maximum absolute atomic E-state index is 12.6. The highest BCUT2D eigenvalue weighted by molar-refractivity contribution is 6.46. The van der Waals surface area contributed by atoms with Crippen LogP contribution >= 0.6 is 0 Å². The highest BCUT2D eigenvalue weighted by Crippen LogP contribution is 2.69. The van der Waals surface area contributed by atoms with Crippen molar-refractivity contribution in [3.8, 4) is 0 Å². The lowest BCUT2D eigenvalue weighted by atomic mass is 9.62. The van der Waals surface area contributed by atoms with Gasteiger partial charge in [-0.1, -0.05) is 51.1 Å². The molecule has 2 aliphatic carbocycles. The summed E-state index contributed by atoms with van der Waals surface area (Å²) in [5, 5.41) is 0. The van der Waals surface area contributed by atoms with Crippen LogP contribution in [0.5, 0.6) is 0 Å². The van der Waals surface area contributed by atoms with Gasteiger partial charge in [-0.15, -0.1) is 0 Å². The number of carbonyl (C=O) groups excluding carboxylic acids is 2. The van der Waals surface area contributed by atoms with Crippen molar-refractivity contribution in [1.82, 2.24) is 0 Å². The summed E-state index contributed by atoms with van der Waals surface area (Å²) in [7, 11) is 0. The van der Waals surface area contributed by atoms with Crippen LogP contribution in [0.4, 0.5) is 0 Å². The summed E-state index contributed by atoms with van der Waals surface area (Å²) in [5.41, 5.74) is -0.371. The van der Waals surface area contributed by atoms with Crippen molar-refractivity contribution < 1.29 is 9.59 Å².